The van der Waals surface area contributed by atoms with E-state index in [-0.39, 0.29) is 29.9 Å². The van der Waals surface area contributed by atoms with Crippen LogP contribution >= 0.6 is 24.0 Å². The number of nitrogens with one attached hydrogen (secondary N) is 3. The molecule has 6 nitrogen and oxygen atoms in total. The van der Waals surface area contributed by atoms with E-state index in [1.54, 1.807) is 6.07 Å². The molecule has 0 bridgehead atoms. The van der Waals surface area contributed by atoms with Crippen LogP contribution in [0.25, 0.3) is 0 Å². The molecule has 0 heterocycles. The number of amides is 1. The highest BCUT2D eigenvalue weighted by atomic mass is 127. The highest BCUT2D eigenvalue weighted by Crippen LogP contribution is 2.18. The van der Waals surface area contributed by atoms with Crippen molar-refractivity contribution in [3.8, 4) is 0 Å². The van der Waals surface area contributed by atoms with Crippen LogP contribution in [0.5, 0.6) is 0 Å². The van der Waals surface area contributed by atoms with Crippen molar-refractivity contribution in [2.75, 3.05) is 19.6 Å². The van der Waals surface area contributed by atoms with Gasteiger partial charge in [0.25, 0.3) is 5.91 Å². The molecule has 0 spiro atoms. The number of carbonyl (C=O) groups is 1. The molecule has 1 aromatic carbocycles. The summed E-state index contributed by atoms with van der Waals surface area (Å²) in [5, 5.41) is 20.1. The third-order valence-corrected chi connectivity index (χ3v) is 4.31. The number of carbonyl (C=O) groups excluding carboxylic acids is 1. The Morgan fingerprint density at radius 2 is 1.68 bits per heavy atom. The Labute approximate surface area is 187 Å². The van der Waals surface area contributed by atoms with E-state index in [1.807, 2.05) is 32.0 Å². The standard InChI is InChI=1S/C21H36N4O2.HI/c1-5-12-21(27,13-6-2)16-25-20(23-8-4)24-15-17-10-9-11-18(14-17)19(26)22-7-3;/h9-11,14,27H,5-8,12-13,15-16H2,1-4H3,(H,22,26)(H2,23,24,25);1H. The van der Waals surface area contributed by atoms with Crippen molar-refractivity contribution in [3.63, 3.8) is 0 Å². The molecule has 7 heteroatoms. The topological polar surface area (TPSA) is 85.8 Å². The summed E-state index contributed by atoms with van der Waals surface area (Å²) in [6, 6.07) is 7.50. The summed E-state index contributed by atoms with van der Waals surface area (Å²) in [6.45, 7) is 10.4. The first-order valence-electron chi connectivity index (χ1n) is 10.1. The van der Waals surface area contributed by atoms with E-state index in [9.17, 15) is 9.90 Å². The van der Waals surface area contributed by atoms with Crippen LogP contribution in [0.4, 0.5) is 0 Å². The number of hydrogen-bond acceptors (Lipinski definition) is 3. The maximum absolute atomic E-state index is 12.0. The number of hydrogen-bond donors (Lipinski definition) is 4. The fourth-order valence-electron chi connectivity index (χ4n) is 3.07. The van der Waals surface area contributed by atoms with Gasteiger partial charge in [-0.3, -0.25) is 4.79 Å². The summed E-state index contributed by atoms with van der Waals surface area (Å²) in [7, 11) is 0. The lowest BCUT2D eigenvalue weighted by molar-refractivity contribution is 0.0257. The van der Waals surface area contributed by atoms with E-state index < -0.39 is 5.60 Å². The van der Waals surface area contributed by atoms with Gasteiger partial charge in [0.2, 0.25) is 0 Å². The molecule has 4 N–H and O–H groups in total. The van der Waals surface area contributed by atoms with Crippen LogP contribution in [0.1, 0.15) is 69.3 Å². The van der Waals surface area contributed by atoms with Crippen molar-refractivity contribution >= 4 is 35.8 Å². The first kappa shape index (κ1) is 26.6. The van der Waals surface area contributed by atoms with Gasteiger partial charge in [0, 0.05) is 25.2 Å². The van der Waals surface area contributed by atoms with Crippen molar-refractivity contribution in [1.29, 1.82) is 0 Å². The van der Waals surface area contributed by atoms with Gasteiger partial charge in [-0.15, -0.1) is 24.0 Å². The monoisotopic (exact) mass is 504 g/mol. The maximum Gasteiger partial charge on any atom is 0.251 e. The van der Waals surface area contributed by atoms with Gasteiger partial charge in [-0.05, 0) is 44.4 Å². The Hall–Kier alpha value is -1.35. The molecule has 0 saturated heterocycles. The fourth-order valence-corrected chi connectivity index (χ4v) is 3.07. The van der Waals surface area contributed by atoms with Crippen LogP contribution < -0.4 is 16.0 Å². The average Bonchev–Trinajstić information content (AvgIpc) is 2.65. The highest BCUT2D eigenvalue weighted by Gasteiger charge is 2.24. The Balaban J connectivity index is 0.00000729. The number of benzene rings is 1. The molecule has 0 radical (unpaired) electrons. The highest BCUT2D eigenvalue weighted by molar-refractivity contribution is 14.0. The van der Waals surface area contributed by atoms with E-state index in [0.717, 1.165) is 37.8 Å². The molecule has 1 aromatic rings. The second kappa shape index (κ2) is 14.6. The molecular weight excluding hydrogens is 467 g/mol. The Morgan fingerprint density at radius 1 is 1.04 bits per heavy atom. The van der Waals surface area contributed by atoms with E-state index in [1.165, 1.54) is 0 Å². The Morgan fingerprint density at radius 3 is 2.25 bits per heavy atom. The van der Waals surface area contributed by atoms with E-state index >= 15 is 0 Å². The minimum atomic E-state index is -0.710. The summed E-state index contributed by atoms with van der Waals surface area (Å²) >= 11 is 0. The van der Waals surface area contributed by atoms with Crippen LogP contribution in [-0.4, -0.2) is 42.2 Å². The molecule has 0 unspecified atom stereocenters. The summed E-state index contributed by atoms with van der Waals surface area (Å²) in [5.74, 6) is 0.601. The first-order chi connectivity index (χ1) is 13.0. The number of halogens is 1. The number of nitrogens with zero attached hydrogens (tertiary/aromatic N) is 1. The maximum atomic E-state index is 12.0. The lowest BCUT2D eigenvalue weighted by Gasteiger charge is -2.28. The second-order valence-electron chi connectivity index (χ2n) is 6.83. The zero-order valence-electron chi connectivity index (χ0n) is 17.7. The smallest absolute Gasteiger partial charge is 0.251 e. The van der Waals surface area contributed by atoms with Crippen molar-refractivity contribution in [1.82, 2.24) is 16.0 Å². The molecule has 1 rings (SSSR count). The van der Waals surface area contributed by atoms with Gasteiger partial charge in [-0.1, -0.05) is 38.8 Å². The van der Waals surface area contributed by atoms with Crippen molar-refractivity contribution < 1.29 is 9.90 Å². The lowest BCUT2D eigenvalue weighted by atomic mass is 9.93. The minimum absolute atomic E-state index is 0. The summed E-state index contributed by atoms with van der Waals surface area (Å²) in [4.78, 5) is 16.6. The van der Waals surface area contributed by atoms with Crippen molar-refractivity contribution in [3.05, 3.63) is 35.4 Å². The molecule has 160 valence electrons. The lowest BCUT2D eigenvalue weighted by Crippen LogP contribution is -2.47. The predicted octanol–water partition coefficient (Wildman–Crippen LogP) is 3.44. The summed E-state index contributed by atoms with van der Waals surface area (Å²) < 4.78 is 0. The third kappa shape index (κ3) is 9.73. The average molecular weight is 504 g/mol. The van der Waals surface area contributed by atoms with E-state index in [4.69, 9.17) is 0 Å². The predicted molar refractivity (Wildman–Crippen MR) is 127 cm³/mol. The molecule has 0 aliphatic carbocycles. The van der Waals surface area contributed by atoms with Gasteiger partial charge < -0.3 is 21.1 Å². The molecule has 0 aliphatic rings. The Bertz CT molecular complexity index is 602. The SMILES string of the molecule is CCCC(O)(CCC)CNC(=NCc1cccc(C(=O)NCC)c1)NCC.I. The fraction of sp³-hybridized carbons (Fsp3) is 0.619. The molecule has 0 saturated carbocycles. The van der Waals surface area contributed by atoms with Crippen LogP contribution in [-0.2, 0) is 6.54 Å². The first-order valence-corrected chi connectivity index (χ1v) is 10.1. The molecule has 0 aromatic heterocycles. The van der Waals surface area contributed by atoms with Gasteiger partial charge in [0.1, 0.15) is 0 Å². The molecule has 0 atom stereocenters. The van der Waals surface area contributed by atoms with Crippen molar-refractivity contribution in [2.24, 2.45) is 4.99 Å². The van der Waals surface area contributed by atoms with Crippen LogP contribution in [0.15, 0.2) is 29.3 Å². The number of aliphatic hydroxyl groups is 1. The minimum Gasteiger partial charge on any atom is -0.388 e. The molecule has 1 amide bonds. The molecule has 0 fully saturated rings. The zero-order chi connectivity index (χ0) is 20.1. The van der Waals surface area contributed by atoms with E-state index in [0.29, 0.717) is 31.2 Å². The molecular formula is C21H37IN4O2. The van der Waals surface area contributed by atoms with E-state index in [2.05, 4.69) is 34.8 Å². The number of rotatable bonds is 11. The van der Waals surface area contributed by atoms with Crippen molar-refractivity contribution in [2.45, 2.75) is 65.5 Å². The van der Waals surface area contributed by atoms with Gasteiger partial charge in [-0.2, -0.15) is 0 Å². The summed E-state index contributed by atoms with van der Waals surface area (Å²) in [5.41, 5.74) is 0.897. The molecule has 0 aliphatic heterocycles. The summed E-state index contributed by atoms with van der Waals surface area (Å²) in [6.07, 6.45) is 3.42. The van der Waals surface area contributed by atoms with Crippen LogP contribution in [0.2, 0.25) is 0 Å². The Kier molecular flexibility index (Phi) is 13.9. The van der Waals surface area contributed by atoms with Gasteiger partial charge in [-0.25, -0.2) is 4.99 Å². The second-order valence-corrected chi connectivity index (χ2v) is 6.83. The third-order valence-electron chi connectivity index (χ3n) is 4.31. The quantitative estimate of drug-likeness (QED) is 0.211. The molecule has 28 heavy (non-hydrogen) atoms. The zero-order valence-corrected chi connectivity index (χ0v) is 20.0. The normalized spacial score (nSPS) is 11.5. The van der Waals surface area contributed by atoms with Crippen LogP contribution in [0.3, 0.4) is 0 Å². The van der Waals surface area contributed by atoms with Gasteiger partial charge >= 0.3 is 0 Å². The van der Waals surface area contributed by atoms with Gasteiger partial charge in [0.05, 0.1) is 12.1 Å². The number of guanidine groups is 1. The van der Waals surface area contributed by atoms with Crippen LogP contribution in [0, 0.1) is 0 Å². The van der Waals surface area contributed by atoms with Gasteiger partial charge in [0.15, 0.2) is 5.96 Å². The largest absolute Gasteiger partial charge is 0.388 e. The number of aliphatic imine (C=N–C) groups is 1.